The fraction of sp³-hybridized carbons (Fsp3) is 0.526. The fourth-order valence-electron chi connectivity index (χ4n) is 3.47. The second-order valence-electron chi connectivity index (χ2n) is 6.73. The SMILES string of the molecule is CCc1noc(CN2CCC(C(=O)c3ccc4c(c3)OCCO4)CC2)n1. The van der Waals surface area contributed by atoms with Crippen LogP contribution in [0.3, 0.4) is 0 Å². The third-order valence-corrected chi connectivity index (χ3v) is 4.97. The van der Waals surface area contributed by atoms with Gasteiger partial charge in [0.25, 0.3) is 0 Å². The highest BCUT2D eigenvalue weighted by molar-refractivity contribution is 5.98. The second-order valence-corrected chi connectivity index (χ2v) is 6.73. The van der Waals surface area contributed by atoms with Gasteiger partial charge in [-0.25, -0.2) is 0 Å². The molecule has 2 aliphatic heterocycles. The van der Waals surface area contributed by atoms with E-state index in [0.717, 1.165) is 38.2 Å². The molecule has 0 radical (unpaired) electrons. The average Bonchev–Trinajstić information content (AvgIpc) is 3.15. The quantitative estimate of drug-likeness (QED) is 0.761. The molecule has 0 unspecified atom stereocenters. The van der Waals surface area contributed by atoms with Crippen LogP contribution in [-0.4, -0.2) is 47.1 Å². The number of hydrogen-bond acceptors (Lipinski definition) is 7. The van der Waals surface area contributed by atoms with Gasteiger partial charge in [0.2, 0.25) is 5.89 Å². The number of carbonyl (C=O) groups excluding carboxylic acids is 1. The molecule has 0 amide bonds. The maximum absolute atomic E-state index is 12.8. The highest BCUT2D eigenvalue weighted by Crippen LogP contribution is 2.32. The first-order valence-electron chi connectivity index (χ1n) is 9.20. The molecule has 4 rings (SSSR count). The molecule has 1 aromatic carbocycles. The maximum atomic E-state index is 12.8. The third-order valence-electron chi connectivity index (χ3n) is 4.97. The minimum Gasteiger partial charge on any atom is -0.486 e. The molecule has 0 saturated carbocycles. The maximum Gasteiger partial charge on any atom is 0.240 e. The van der Waals surface area contributed by atoms with Gasteiger partial charge in [0, 0.05) is 17.9 Å². The minimum absolute atomic E-state index is 0.0442. The van der Waals surface area contributed by atoms with Crippen molar-refractivity contribution in [2.45, 2.75) is 32.7 Å². The summed E-state index contributed by atoms with van der Waals surface area (Å²) >= 11 is 0. The smallest absolute Gasteiger partial charge is 0.240 e. The number of rotatable bonds is 5. The molecule has 0 aliphatic carbocycles. The van der Waals surface area contributed by atoms with Crippen LogP contribution in [0, 0.1) is 5.92 Å². The van der Waals surface area contributed by atoms with Crippen LogP contribution >= 0.6 is 0 Å². The van der Waals surface area contributed by atoms with Crippen LogP contribution in [0.1, 0.15) is 41.8 Å². The predicted molar refractivity (Wildman–Crippen MR) is 93.4 cm³/mol. The Bertz CT molecular complexity index is 781. The normalized spacial score (nSPS) is 18.0. The van der Waals surface area contributed by atoms with Crippen LogP contribution < -0.4 is 9.47 Å². The Labute approximate surface area is 152 Å². The number of nitrogens with zero attached hydrogens (tertiary/aromatic N) is 3. The molecule has 7 heteroatoms. The van der Waals surface area contributed by atoms with E-state index in [1.807, 2.05) is 25.1 Å². The van der Waals surface area contributed by atoms with Gasteiger partial charge in [0.1, 0.15) is 13.2 Å². The lowest BCUT2D eigenvalue weighted by Crippen LogP contribution is -2.36. The van der Waals surface area contributed by atoms with E-state index in [-0.39, 0.29) is 11.7 Å². The molecule has 2 aromatic rings. The minimum atomic E-state index is 0.0442. The number of ketones is 1. The number of benzene rings is 1. The van der Waals surface area contributed by atoms with Crippen molar-refractivity contribution in [3.05, 3.63) is 35.5 Å². The van der Waals surface area contributed by atoms with Crippen LogP contribution in [0.25, 0.3) is 0 Å². The number of ether oxygens (including phenoxy) is 2. The molecule has 7 nitrogen and oxygen atoms in total. The topological polar surface area (TPSA) is 77.7 Å². The molecule has 0 N–H and O–H groups in total. The van der Waals surface area contributed by atoms with Gasteiger partial charge in [0.15, 0.2) is 23.1 Å². The Morgan fingerprint density at radius 3 is 2.69 bits per heavy atom. The Kier molecular flexibility index (Phi) is 4.88. The Morgan fingerprint density at radius 2 is 1.96 bits per heavy atom. The summed E-state index contributed by atoms with van der Waals surface area (Å²) in [6, 6.07) is 5.48. The van der Waals surface area contributed by atoms with Crippen molar-refractivity contribution in [2.24, 2.45) is 5.92 Å². The lowest BCUT2D eigenvalue weighted by molar-refractivity contribution is 0.0824. The number of Topliss-reactive ketones (excluding diaryl/α,β-unsaturated/α-hetero) is 1. The van der Waals surface area contributed by atoms with Gasteiger partial charge in [-0.1, -0.05) is 12.1 Å². The van der Waals surface area contributed by atoms with Gasteiger partial charge in [-0.2, -0.15) is 4.98 Å². The number of aryl methyl sites for hydroxylation is 1. The number of hydrogen-bond donors (Lipinski definition) is 0. The van der Waals surface area contributed by atoms with Crippen LogP contribution in [-0.2, 0) is 13.0 Å². The molecule has 1 aromatic heterocycles. The van der Waals surface area contributed by atoms with Crippen LogP contribution in [0.5, 0.6) is 11.5 Å². The lowest BCUT2D eigenvalue weighted by atomic mass is 9.88. The Morgan fingerprint density at radius 1 is 1.19 bits per heavy atom. The van der Waals surface area contributed by atoms with E-state index in [1.165, 1.54) is 0 Å². The van der Waals surface area contributed by atoms with Crippen molar-refractivity contribution in [1.29, 1.82) is 0 Å². The molecule has 0 spiro atoms. The highest BCUT2D eigenvalue weighted by atomic mass is 16.6. The summed E-state index contributed by atoms with van der Waals surface area (Å²) in [5.41, 5.74) is 0.706. The Balaban J connectivity index is 1.34. The molecule has 138 valence electrons. The van der Waals surface area contributed by atoms with E-state index in [9.17, 15) is 4.79 Å². The van der Waals surface area contributed by atoms with Crippen molar-refractivity contribution < 1.29 is 18.8 Å². The van der Waals surface area contributed by atoms with Gasteiger partial charge >= 0.3 is 0 Å². The van der Waals surface area contributed by atoms with E-state index in [1.54, 1.807) is 0 Å². The zero-order valence-corrected chi connectivity index (χ0v) is 14.9. The number of fused-ring (bicyclic) bond motifs is 1. The standard InChI is InChI=1S/C19H23N3O4/c1-2-17-20-18(26-21-17)12-22-7-5-13(6-8-22)19(23)14-3-4-15-16(11-14)25-10-9-24-15/h3-4,11,13H,2,5-10,12H2,1H3. The summed E-state index contributed by atoms with van der Waals surface area (Å²) in [6.07, 6.45) is 2.44. The van der Waals surface area contributed by atoms with Crippen LogP contribution in [0.15, 0.2) is 22.7 Å². The molecule has 0 atom stereocenters. The molecular weight excluding hydrogens is 334 g/mol. The zero-order valence-electron chi connectivity index (χ0n) is 14.9. The van der Waals surface area contributed by atoms with Crippen molar-refractivity contribution >= 4 is 5.78 Å². The summed E-state index contributed by atoms with van der Waals surface area (Å²) < 4.78 is 16.4. The molecule has 2 aliphatic rings. The van der Waals surface area contributed by atoms with Crippen LogP contribution in [0.2, 0.25) is 0 Å². The van der Waals surface area contributed by atoms with Crippen molar-refractivity contribution in [2.75, 3.05) is 26.3 Å². The molecule has 26 heavy (non-hydrogen) atoms. The molecule has 0 bridgehead atoms. The van der Waals surface area contributed by atoms with Gasteiger partial charge in [0.05, 0.1) is 6.54 Å². The summed E-state index contributed by atoms with van der Waals surface area (Å²) in [5, 5.41) is 3.93. The van der Waals surface area contributed by atoms with Crippen molar-refractivity contribution in [3.63, 3.8) is 0 Å². The van der Waals surface area contributed by atoms with Gasteiger partial charge < -0.3 is 14.0 Å². The highest BCUT2D eigenvalue weighted by Gasteiger charge is 2.27. The number of piperidine rings is 1. The summed E-state index contributed by atoms with van der Waals surface area (Å²) in [4.78, 5) is 19.5. The average molecular weight is 357 g/mol. The monoisotopic (exact) mass is 357 g/mol. The van der Waals surface area contributed by atoms with Crippen molar-refractivity contribution in [1.82, 2.24) is 15.0 Å². The first-order valence-corrected chi connectivity index (χ1v) is 9.20. The van der Waals surface area contributed by atoms with Crippen LogP contribution in [0.4, 0.5) is 0 Å². The first-order chi connectivity index (χ1) is 12.7. The number of carbonyl (C=O) groups is 1. The number of likely N-dealkylation sites (tertiary alicyclic amines) is 1. The van der Waals surface area contributed by atoms with Gasteiger partial charge in [-0.3, -0.25) is 9.69 Å². The summed E-state index contributed by atoms with van der Waals surface area (Å²) in [6.45, 7) is 5.44. The zero-order chi connectivity index (χ0) is 17.9. The molecule has 3 heterocycles. The fourth-order valence-corrected chi connectivity index (χ4v) is 3.47. The van der Waals surface area contributed by atoms with E-state index >= 15 is 0 Å². The second kappa shape index (κ2) is 7.45. The van der Waals surface area contributed by atoms with E-state index in [2.05, 4.69) is 15.0 Å². The first kappa shape index (κ1) is 17.0. The van der Waals surface area contributed by atoms with E-state index in [4.69, 9.17) is 14.0 Å². The summed E-state index contributed by atoms with van der Waals surface area (Å²) in [7, 11) is 0. The molecular formula is C19H23N3O4. The third kappa shape index (κ3) is 3.58. The van der Waals surface area contributed by atoms with E-state index < -0.39 is 0 Å². The number of aromatic nitrogens is 2. The van der Waals surface area contributed by atoms with Gasteiger partial charge in [-0.05, 0) is 44.1 Å². The molecule has 1 saturated heterocycles. The largest absolute Gasteiger partial charge is 0.486 e. The Hall–Kier alpha value is -2.41. The molecule has 1 fully saturated rings. The summed E-state index contributed by atoms with van der Waals surface area (Å²) in [5.74, 6) is 3.01. The lowest BCUT2D eigenvalue weighted by Gasteiger charge is -2.30. The van der Waals surface area contributed by atoms with E-state index in [0.29, 0.717) is 42.7 Å². The predicted octanol–water partition coefficient (Wildman–Crippen LogP) is 2.50. The van der Waals surface area contributed by atoms with Gasteiger partial charge in [-0.15, -0.1) is 0 Å². The van der Waals surface area contributed by atoms with Crippen molar-refractivity contribution in [3.8, 4) is 11.5 Å².